The standard InChI is InChI=1S/C24H29FN2O2/c1-16-10-19(20-13-27(14-20)22-5-3-4-21(25)12-22)11-17(2)23(16)15-26-8-6-18(7-9-26)24(28)29/h3-5,10-12,18,20H,6-9,13-15H2,1-2H3,(H,28,29). The summed E-state index contributed by atoms with van der Waals surface area (Å²) in [4.78, 5) is 15.8. The molecule has 0 atom stereocenters. The molecule has 0 unspecified atom stereocenters. The maximum absolute atomic E-state index is 13.5. The fraction of sp³-hybridized carbons (Fsp3) is 0.458. The van der Waals surface area contributed by atoms with Gasteiger partial charge in [-0.05, 0) is 80.2 Å². The maximum Gasteiger partial charge on any atom is 0.306 e. The molecule has 2 heterocycles. The molecule has 2 aromatic rings. The van der Waals surface area contributed by atoms with Gasteiger partial charge in [0.1, 0.15) is 5.82 Å². The minimum atomic E-state index is -0.658. The first-order chi connectivity index (χ1) is 13.9. The highest BCUT2D eigenvalue weighted by Crippen LogP contribution is 2.34. The van der Waals surface area contributed by atoms with Crippen LogP contribution in [0.4, 0.5) is 10.1 Å². The van der Waals surface area contributed by atoms with Gasteiger partial charge in [0.05, 0.1) is 5.92 Å². The molecule has 2 fully saturated rings. The van der Waals surface area contributed by atoms with Gasteiger partial charge in [-0.1, -0.05) is 18.2 Å². The van der Waals surface area contributed by atoms with E-state index in [0.717, 1.165) is 51.3 Å². The molecule has 29 heavy (non-hydrogen) atoms. The van der Waals surface area contributed by atoms with Crippen molar-refractivity contribution in [2.75, 3.05) is 31.1 Å². The lowest BCUT2D eigenvalue weighted by Crippen LogP contribution is -2.45. The zero-order valence-electron chi connectivity index (χ0n) is 17.2. The molecule has 0 saturated carbocycles. The van der Waals surface area contributed by atoms with E-state index >= 15 is 0 Å². The lowest BCUT2D eigenvalue weighted by molar-refractivity contribution is -0.143. The van der Waals surface area contributed by atoms with E-state index in [4.69, 9.17) is 0 Å². The minimum absolute atomic E-state index is 0.185. The van der Waals surface area contributed by atoms with E-state index < -0.39 is 5.97 Å². The number of carboxylic acids is 1. The van der Waals surface area contributed by atoms with Crippen LogP contribution in [-0.4, -0.2) is 42.2 Å². The number of piperidine rings is 1. The van der Waals surface area contributed by atoms with Crippen molar-refractivity contribution >= 4 is 11.7 Å². The van der Waals surface area contributed by atoms with Crippen LogP contribution in [0.25, 0.3) is 0 Å². The number of benzene rings is 2. The highest BCUT2D eigenvalue weighted by atomic mass is 19.1. The van der Waals surface area contributed by atoms with Crippen molar-refractivity contribution in [2.24, 2.45) is 5.92 Å². The SMILES string of the molecule is Cc1cc(C2CN(c3cccc(F)c3)C2)cc(C)c1CN1CCC(C(=O)O)CC1. The molecule has 0 amide bonds. The molecule has 0 aromatic heterocycles. The first kappa shape index (κ1) is 19.9. The smallest absolute Gasteiger partial charge is 0.306 e. The number of halogens is 1. The van der Waals surface area contributed by atoms with Gasteiger partial charge in [-0.3, -0.25) is 9.69 Å². The third-order valence-electron chi connectivity index (χ3n) is 6.56. The summed E-state index contributed by atoms with van der Waals surface area (Å²) in [5, 5.41) is 9.18. The average molecular weight is 397 g/mol. The molecule has 0 radical (unpaired) electrons. The summed E-state index contributed by atoms with van der Waals surface area (Å²) >= 11 is 0. The number of carboxylic acid groups (broad SMARTS) is 1. The predicted octanol–water partition coefficient (Wildman–Crippen LogP) is 4.34. The van der Waals surface area contributed by atoms with Gasteiger partial charge in [-0.25, -0.2) is 4.39 Å². The highest BCUT2D eigenvalue weighted by molar-refractivity contribution is 5.70. The minimum Gasteiger partial charge on any atom is -0.481 e. The topological polar surface area (TPSA) is 43.8 Å². The van der Waals surface area contributed by atoms with Gasteiger partial charge in [0, 0.05) is 31.2 Å². The number of carbonyl (C=O) groups is 1. The van der Waals surface area contributed by atoms with Crippen molar-refractivity contribution in [3.05, 3.63) is 64.5 Å². The molecular weight excluding hydrogens is 367 g/mol. The van der Waals surface area contributed by atoms with Crippen LogP contribution in [0.3, 0.4) is 0 Å². The van der Waals surface area contributed by atoms with Crippen molar-refractivity contribution < 1.29 is 14.3 Å². The quantitative estimate of drug-likeness (QED) is 0.816. The molecule has 0 aliphatic carbocycles. The number of rotatable bonds is 5. The highest BCUT2D eigenvalue weighted by Gasteiger charge is 2.29. The number of anilines is 1. The Labute approximate surface area is 171 Å². The Kier molecular flexibility index (Phi) is 5.59. The van der Waals surface area contributed by atoms with Gasteiger partial charge in [0.25, 0.3) is 0 Å². The van der Waals surface area contributed by atoms with Crippen molar-refractivity contribution in [3.63, 3.8) is 0 Å². The molecule has 2 aromatic carbocycles. The number of hydrogen-bond donors (Lipinski definition) is 1. The summed E-state index contributed by atoms with van der Waals surface area (Å²) in [5.41, 5.74) is 6.30. The summed E-state index contributed by atoms with van der Waals surface area (Å²) < 4.78 is 13.5. The monoisotopic (exact) mass is 396 g/mol. The van der Waals surface area contributed by atoms with E-state index in [1.54, 1.807) is 12.1 Å². The van der Waals surface area contributed by atoms with Gasteiger partial charge < -0.3 is 10.0 Å². The van der Waals surface area contributed by atoms with Crippen LogP contribution in [0, 0.1) is 25.6 Å². The Balaban J connectivity index is 1.39. The molecule has 5 heteroatoms. The van der Waals surface area contributed by atoms with Crippen molar-refractivity contribution in [1.29, 1.82) is 0 Å². The molecule has 2 aliphatic heterocycles. The van der Waals surface area contributed by atoms with Crippen molar-refractivity contribution in [3.8, 4) is 0 Å². The normalized spacial score (nSPS) is 18.7. The predicted molar refractivity (Wildman–Crippen MR) is 113 cm³/mol. The fourth-order valence-corrected chi connectivity index (χ4v) is 4.65. The number of aryl methyl sites for hydroxylation is 2. The lowest BCUT2D eigenvalue weighted by Gasteiger charge is -2.42. The molecule has 0 bridgehead atoms. The fourth-order valence-electron chi connectivity index (χ4n) is 4.65. The molecular formula is C24H29FN2O2. The van der Waals surface area contributed by atoms with Crippen LogP contribution in [0.5, 0.6) is 0 Å². The van der Waals surface area contributed by atoms with Gasteiger partial charge in [-0.2, -0.15) is 0 Å². The molecule has 4 rings (SSSR count). The Morgan fingerprint density at radius 1 is 1.10 bits per heavy atom. The Bertz CT molecular complexity index is 876. The van der Waals surface area contributed by atoms with Crippen LogP contribution in [-0.2, 0) is 11.3 Å². The number of aliphatic carboxylic acids is 1. The Morgan fingerprint density at radius 2 is 1.76 bits per heavy atom. The van der Waals surface area contributed by atoms with E-state index in [9.17, 15) is 14.3 Å². The van der Waals surface area contributed by atoms with Crippen LogP contribution in [0.15, 0.2) is 36.4 Å². The first-order valence-corrected chi connectivity index (χ1v) is 10.5. The average Bonchev–Trinajstić information content (AvgIpc) is 2.64. The van der Waals surface area contributed by atoms with Crippen molar-refractivity contribution in [2.45, 2.75) is 39.2 Å². The third-order valence-corrected chi connectivity index (χ3v) is 6.56. The zero-order valence-corrected chi connectivity index (χ0v) is 17.2. The number of likely N-dealkylation sites (tertiary alicyclic amines) is 1. The van der Waals surface area contributed by atoms with Gasteiger partial charge >= 0.3 is 5.97 Å². The van der Waals surface area contributed by atoms with E-state index in [0.29, 0.717) is 5.92 Å². The summed E-state index contributed by atoms with van der Waals surface area (Å²) in [5.74, 6) is -0.546. The Hall–Kier alpha value is -2.40. The van der Waals surface area contributed by atoms with Gasteiger partial charge in [0.15, 0.2) is 0 Å². The van der Waals surface area contributed by atoms with Crippen LogP contribution in [0.2, 0.25) is 0 Å². The largest absolute Gasteiger partial charge is 0.481 e. The number of nitrogens with zero attached hydrogens (tertiary/aromatic N) is 2. The lowest BCUT2D eigenvalue weighted by atomic mass is 9.86. The van der Waals surface area contributed by atoms with Crippen molar-refractivity contribution in [1.82, 2.24) is 4.90 Å². The third kappa shape index (κ3) is 4.30. The molecule has 154 valence electrons. The number of hydrogen-bond acceptors (Lipinski definition) is 3. The van der Waals surface area contributed by atoms with E-state index in [1.165, 1.54) is 28.3 Å². The maximum atomic E-state index is 13.5. The van der Waals surface area contributed by atoms with Crippen LogP contribution < -0.4 is 4.90 Å². The Morgan fingerprint density at radius 3 is 2.34 bits per heavy atom. The van der Waals surface area contributed by atoms with E-state index in [-0.39, 0.29) is 11.7 Å². The summed E-state index contributed by atoms with van der Waals surface area (Å²) in [7, 11) is 0. The van der Waals surface area contributed by atoms with Crippen LogP contribution >= 0.6 is 0 Å². The van der Waals surface area contributed by atoms with E-state index in [1.807, 2.05) is 6.07 Å². The van der Waals surface area contributed by atoms with E-state index in [2.05, 4.69) is 35.8 Å². The van der Waals surface area contributed by atoms with Gasteiger partial charge in [0.2, 0.25) is 0 Å². The van der Waals surface area contributed by atoms with Crippen LogP contribution in [0.1, 0.15) is 41.0 Å². The molecule has 2 aliphatic rings. The second kappa shape index (κ2) is 8.15. The summed E-state index contributed by atoms with van der Waals surface area (Å²) in [6, 6.07) is 11.4. The molecule has 2 saturated heterocycles. The molecule has 0 spiro atoms. The first-order valence-electron chi connectivity index (χ1n) is 10.5. The zero-order chi connectivity index (χ0) is 20.5. The molecule has 4 nitrogen and oxygen atoms in total. The summed E-state index contributed by atoms with van der Waals surface area (Å²) in [6.45, 7) is 8.79. The second-order valence-corrected chi connectivity index (χ2v) is 8.60. The molecule has 1 N–H and O–H groups in total. The summed E-state index contributed by atoms with van der Waals surface area (Å²) in [6.07, 6.45) is 1.48. The second-order valence-electron chi connectivity index (χ2n) is 8.60. The van der Waals surface area contributed by atoms with Gasteiger partial charge in [-0.15, -0.1) is 0 Å².